The zero-order valence-corrected chi connectivity index (χ0v) is 13.6. The monoisotopic (exact) mass is 351 g/mol. The average Bonchev–Trinajstić information content (AvgIpc) is 2.91. The lowest BCUT2D eigenvalue weighted by molar-refractivity contribution is 0.594. The third-order valence-corrected chi connectivity index (χ3v) is 4.92. The molecule has 2 heterocycles. The summed E-state index contributed by atoms with van der Waals surface area (Å²) in [4.78, 5) is 4.18. The number of halogens is 2. The Morgan fingerprint density at radius 2 is 2.04 bits per heavy atom. The first-order chi connectivity index (χ1) is 11.4. The summed E-state index contributed by atoms with van der Waals surface area (Å²) in [5.41, 5.74) is 0.0923. The van der Waals surface area contributed by atoms with E-state index in [1.165, 1.54) is 6.20 Å². The molecule has 126 valence electrons. The maximum atomic E-state index is 13.7. The Hall–Kier alpha value is -2.48. The number of nitrogens with one attached hydrogen (secondary N) is 1. The highest BCUT2D eigenvalue weighted by Crippen LogP contribution is 2.27. The van der Waals surface area contributed by atoms with Gasteiger partial charge in [-0.05, 0) is 30.7 Å². The summed E-state index contributed by atoms with van der Waals surface area (Å²) in [6.45, 7) is 2.56. The molecule has 0 fully saturated rings. The van der Waals surface area contributed by atoms with Crippen molar-refractivity contribution in [3.8, 4) is 0 Å². The number of fused-ring (bicyclic) bond motifs is 1. The SMILES string of the molecule is CCCn1cc(S(=O)(=O)Nc2cc(F)ccc2F)c2cccnc21. The summed E-state index contributed by atoms with van der Waals surface area (Å²) in [6.07, 6.45) is 3.83. The smallest absolute Gasteiger partial charge is 0.264 e. The Morgan fingerprint density at radius 3 is 2.79 bits per heavy atom. The van der Waals surface area contributed by atoms with E-state index in [1.54, 1.807) is 22.9 Å². The fourth-order valence-electron chi connectivity index (χ4n) is 2.49. The Labute approximate surface area is 138 Å². The van der Waals surface area contributed by atoms with Gasteiger partial charge in [0, 0.05) is 30.4 Å². The van der Waals surface area contributed by atoms with Crippen LogP contribution in [0.25, 0.3) is 11.0 Å². The van der Waals surface area contributed by atoms with Crippen LogP contribution < -0.4 is 4.72 Å². The summed E-state index contributed by atoms with van der Waals surface area (Å²) < 4.78 is 56.2. The number of anilines is 1. The van der Waals surface area contributed by atoms with Gasteiger partial charge in [0.05, 0.1) is 5.69 Å². The van der Waals surface area contributed by atoms with Crippen molar-refractivity contribution >= 4 is 26.7 Å². The number of hydrogen-bond donors (Lipinski definition) is 1. The number of aromatic nitrogens is 2. The molecule has 0 aliphatic rings. The molecular formula is C16H15F2N3O2S. The van der Waals surface area contributed by atoms with Gasteiger partial charge in [-0.15, -0.1) is 0 Å². The molecule has 5 nitrogen and oxygen atoms in total. The van der Waals surface area contributed by atoms with E-state index in [9.17, 15) is 17.2 Å². The van der Waals surface area contributed by atoms with E-state index in [0.29, 0.717) is 17.6 Å². The quantitative estimate of drug-likeness (QED) is 0.765. The van der Waals surface area contributed by atoms with Crippen LogP contribution in [0.5, 0.6) is 0 Å². The van der Waals surface area contributed by atoms with Gasteiger partial charge in [0.2, 0.25) is 0 Å². The lowest BCUT2D eigenvalue weighted by Gasteiger charge is -2.08. The number of benzene rings is 1. The fraction of sp³-hybridized carbons (Fsp3) is 0.188. The average molecular weight is 351 g/mol. The van der Waals surface area contributed by atoms with E-state index in [0.717, 1.165) is 24.6 Å². The van der Waals surface area contributed by atoms with Crippen molar-refractivity contribution in [1.29, 1.82) is 0 Å². The predicted molar refractivity (Wildman–Crippen MR) is 87.2 cm³/mol. The van der Waals surface area contributed by atoms with Gasteiger partial charge in [0.1, 0.15) is 22.2 Å². The van der Waals surface area contributed by atoms with Gasteiger partial charge in [0.15, 0.2) is 0 Å². The molecule has 0 amide bonds. The number of pyridine rings is 1. The molecule has 2 aromatic heterocycles. The zero-order chi connectivity index (χ0) is 17.3. The van der Waals surface area contributed by atoms with Crippen molar-refractivity contribution in [3.63, 3.8) is 0 Å². The maximum Gasteiger partial charge on any atom is 0.264 e. The van der Waals surface area contributed by atoms with Crippen LogP contribution in [0.4, 0.5) is 14.5 Å². The number of nitrogens with zero attached hydrogens (tertiary/aromatic N) is 2. The summed E-state index contributed by atoms with van der Waals surface area (Å²) in [7, 11) is -4.09. The minimum atomic E-state index is -4.09. The van der Waals surface area contributed by atoms with Gasteiger partial charge in [-0.25, -0.2) is 22.2 Å². The maximum absolute atomic E-state index is 13.7. The van der Waals surface area contributed by atoms with Gasteiger partial charge in [-0.2, -0.15) is 0 Å². The Bertz CT molecular complexity index is 1000. The lowest BCUT2D eigenvalue weighted by atomic mass is 10.3. The van der Waals surface area contributed by atoms with E-state index in [2.05, 4.69) is 9.71 Å². The molecule has 0 aliphatic carbocycles. The largest absolute Gasteiger partial charge is 0.331 e. The van der Waals surface area contributed by atoms with Crippen molar-refractivity contribution in [2.45, 2.75) is 24.8 Å². The molecule has 8 heteroatoms. The molecular weight excluding hydrogens is 336 g/mol. The molecule has 3 aromatic rings. The number of aryl methyl sites for hydroxylation is 1. The first-order valence-electron chi connectivity index (χ1n) is 7.34. The third kappa shape index (κ3) is 2.96. The van der Waals surface area contributed by atoms with Crippen LogP contribution in [-0.2, 0) is 16.6 Å². The highest BCUT2D eigenvalue weighted by atomic mass is 32.2. The Balaban J connectivity index is 2.10. The molecule has 0 aliphatic heterocycles. The van der Waals surface area contributed by atoms with E-state index in [4.69, 9.17) is 0 Å². The number of sulfonamides is 1. The van der Waals surface area contributed by atoms with Gasteiger partial charge in [-0.3, -0.25) is 4.72 Å². The van der Waals surface area contributed by atoms with Crippen LogP contribution in [0.15, 0.2) is 47.6 Å². The van der Waals surface area contributed by atoms with Gasteiger partial charge in [-0.1, -0.05) is 6.92 Å². The van der Waals surface area contributed by atoms with Crippen molar-refractivity contribution in [2.24, 2.45) is 0 Å². The van der Waals surface area contributed by atoms with Gasteiger partial charge < -0.3 is 4.57 Å². The molecule has 24 heavy (non-hydrogen) atoms. The Kier molecular flexibility index (Phi) is 4.23. The molecule has 1 N–H and O–H groups in total. The van der Waals surface area contributed by atoms with Crippen molar-refractivity contribution < 1.29 is 17.2 Å². The van der Waals surface area contributed by atoms with Crippen molar-refractivity contribution in [3.05, 3.63) is 54.4 Å². The van der Waals surface area contributed by atoms with E-state index < -0.39 is 27.3 Å². The number of rotatable bonds is 5. The third-order valence-electron chi connectivity index (χ3n) is 3.52. The summed E-state index contributed by atoms with van der Waals surface area (Å²) in [5.74, 6) is -1.58. The zero-order valence-electron chi connectivity index (χ0n) is 12.8. The number of hydrogen-bond acceptors (Lipinski definition) is 3. The van der Waals surface area contributed by atoms with Gasteiger partial charge in [0.25, 0.3) is 10.0 Å². The summed E-state index contributed by atoms with van der Waals surface area (Å²) in [6, 6.07) is 5.85. The molecule has 0 unspecified atom stereocenters. The molecule has 0 spiro atoms. The van der Waals surface area contributed by atoms with E-state index in [1.807, 2.05) is 6.92 Å². The van der Waals surface area contributed by atoms with Crippen LogP contribution >= 0.6 is 0 Å². The summed E-state index contributed by atoms with van der Waals surface area (Å²) in [5, 5.41) is 0.426. The molecule has 3 rings (SSSR count). The standard InChI is InChI=1S/C16H15F2N3O2S/c1-2-8-21-10-15(12-4-3-7-19-16(12)21)24(22,23)20-14-9-11(17)5-6-13(14)18/h3-7,9-10,20H,2,8H2,1H3. The highest BCUT2D eigenvalue weighted by molar-refractivity contribution is 7.93. The molecule has 1 aromatic carbocycles. The topological polar surface area (TPSA) is 64.0 Å². The van der Waals surface area contributed by atoms with Crippen LogP contribution in [0, 0.1) is 11.6 Å². The second kappa shape index (κ2) is 6.20. The Morgan fingerprint density at radius 1 is 1.25 bits per heavy atom. The molecule has 0 saturated carbocycles. The van der Waals surface area contributed by atoms with Crippen molar-refractivity contribution in [2.75, 3.05) is 4.72 Å². The highest BCUT2D eigenvalue weighted by Gasteiger charge is 2.23. The lowest BCUT2D eigenvalue weighted by Crippen LogP contribution is -2.14. The van der Waals surface area contributed by atoms with Crippen LogP contribution in [0.2, 0.25) is 0 Å². The van der Waals surface area contributed by atoms with Crippen LogP contribution in [-0.4, -0.2) is 18.0 Å². The molecule has 0 bridgehead atoms. The minimum Gasteiger partial charge on any atom is -0.331 e. The van der Waals surface area contributed by atoms with Crippen molar-refractivity contribution in [1.82, 2.24) is 9.55 Å². The van der Waals surface area contributed by atoms with Crippen LogP contribution in [0.3, 0.4) is 0 Å². The first-order valence-corrected chi connectivity index (χ1v) is 8.82. The fourth-order valence-corrected chi connectivity index (χ4v) is 3.76. The van der Waals surface area contributed by atoms with Gasteiger partial charge >= 0.3 is 0 Å². The normalized spacial score (nSPS) is 11.8. The predicted octanol–water partition coefficient (Wildman–Crippen LogP) is 3.53. The molecule has 0 atom stereocenters. The van der Waals surface area contributed by atoms with E-state index >= 15 is 0 Å². The second-order valence-electron chi connectivity index (χ2n) is 5.29. The molecule has 0 radical (unpaired) electrons. The minimum absolute atomic E-state index is 0.0253. The molecule has 0 saturated heterocycles. The van der Waals surface area contributed by atoms with E-state index in [-0.39, 0.29) is 4.90 Å². The second-order valence-corrected chi connectivity index (χ2v) is 6.94. The van der Waals surface area contributed by atoms with Crippen LogP contribution in [0.1, 0.15) is 13.3 Å². The summed E-state index contributed by atoms with van der Waals surface area (Å²) >= 11 is 0. The first kappa shape index (κ1) is 16.4.